The van der Waals surface area contributed by atoms with Crippen LogP contribution in [-0.2, 0) is 17.4 Å². The van der Waals surface area contributed by atoms with Crippen LogP contribution in [0.4, 0.5) is 21.1 Å². The highest BCUT2D eigenvalue weighted by atomic mass is 16.4. The molecule has 0 unspecified atom stereocenters. The summed E-state index contributed by atoms with van der Waals surface area (Å²) in [7, 11) is 1.76. The molecule has 0 spiro atoms. The van der Waals surface area contributed by atoms with E-state index < -0.39 is 29.7 Å². The van der Waals surface area contributed by atoms with E-state index in [-0.39, 0.29) is 13.0 Å². The second-order valence-corrected chi connectivity index (χ2v) is 9.72. The van der Waals surface area contributed by atoms with Crippen LogP contribution in [0.25, 0.3) is 0 Å². The van der Waals surface area contributed by atoms with Gasteiger partial charge in [0.15, 0.2) is 0 Å². The average molecular weight is 571 g/mol. The third-order valence-corrected chi connectivity index (χ3v) is 6.93. The van der Waals surface area contributed by atoms with Crippen LogP contribution in [0.5, 0.6) is 0 Å². The number of aromatic nitrogens is 2. The SMILES string of the molecule is Cn1ncc(NC(=O)[C@H](CCCCNC(=O)O)NC(=O)O)c1NC(c1ccccc1)(c1ccccc1)c1ccccc1. The minimum atomic E-state index is -1.33. The molecule has 4 rings (SSSR count). The lowest BCUT2D eigenvalue weighted by Gasteiger charge is -2.38. The zero-order chi connectivity index (χ0) is 30.0. The lowest BCUT2D eigenvalue weighted by Crippen LogP contribution is -2.43. The summed E-state index contributed by atoms with van der Waals surface area (Å²) in [5, 5.41) is 33.6. The Kier molecular flexibility index (Phi) is 9.77. The highest BCUT2D eigenvalue weighted by Gasteiger charge is 2.38. The van der Waals surface area contributed by atoms with Crippen molar-refractivity contribution in [3.63, 3.8) is 0 Å². The number of anilines is 2. The van der Waals surface area contributed by atoms with Crippen LogP contribution in [0.3, 0.4) is 0 Å². The maximum Gasteiger partial charge on any atom is 0.405 e. The predicted molar refractivity (Wildman–Crippen MR) is 159 cm³/mol. The molecule has 0 aliphatic carbocycles. The van der Waals surface area contributed by atoms with Crippen LogP contribution < -0.4 is 21.3 Å². The number of hydrogen-bond acceptors (Lipinski definition) is 5. The molecule has 11 nitrogen and oxygen atoms in total. The van der Waals surface area contributed by atoms with Gasteiger partial charge in [0.25, 0.3) is 0 Å². The largest absolute Gasteiger partial charge is 0.465 e. The second-order valence-electron chi connectivity index (χ2n) is 9.72. The van der Waals surface area contributed by atoms with Crippen molar-refractivity contribution in [2.45, 2.75) is 30.8 Å². The van der Waals surface area contributed by atoms with E-state index in [9.17, 15) is 19.5 Å². The molecule has 0 aliphatic rings. The molecule has 42 heavy (non-hydrogen) atoms. The molecule has 1 atom stereocenters. The summed E-state index contributed by atoms with van der Waals surface area (Å²) in [4.78, 5) is 35.5. The molecule has 0 fully saturated rings. The molecule has 3 aromatic carbocycles. The zero-order valence-corrected chi connectivity index (χ0v) is 23.2. The Bertz CT molecular complexity index is 1380. The number of unbranched alkanes of at least 4 members (excludes halogenated alkanes) is 1. The monoisotopic (exact) mass is 570 g/mol. The Balaban J connectivity index is 1.69. The summed E-state index contributed by atoms with van der Waals surface area (Å²) in [5.74, 6) is -0.0379. The Labute approximate surface area is 243 Å². The van der Waals surface area contributed by atoms with E-state index in [1.165, 1.54) is 6.20 Å². The summed E-state index contributed by atoms with van der Waals surface area (Å²) in [5.41, 5.74) is 2.37. The number of amides is 3. The standard InChI is InChI=1S/C31H34N6O5/c1-37-27(26(21-33-37)34-28(38)25(35-30(41)42)19-11-12-20-32-29(39)40)36-31(22-13-5-2-6-14-22,23-15-7-3-8-16-23)24-17-9-4-10-18-24/h2-10,13-18,21,25,32,35-36H,11-12,19-20H2,1H3,(H,34,38)(H,39,40)(H,41,42)/t25-/m0/s1. The van der Waals surface area contributed by atoms with Crippen LogP contribution in [0.1, 0.15) is 36.0 Å². The first-order valence-corrected chi connectivity index (χ1v) is 13.5. The number of nitrogens with zero attached hydrogens (tertiary/aromatic N) is 2. The van der Waals surface area contributed by atoms with E-state index in [2.05, 4.69) is 26.4 Å². The third-order valence-electron chi connectivity index (χ3n) is 6.93. The van der Waals surface area contributed by atoms with Gasteiger partial charge in [-0.05, 0) is 36.0 Å². The fraction of sp³-hybridized carbons (Fsp3) is 0.226. The molecule has 0 saturated carbocycles. The minimum absolute atomic E-state index is 0.185. The predicted octanol–water partition coefficient (Wildman–Crippen LogP) is 4.84. The smallest absolute Gasteiger partial charge is 0.405 e. The number of carbonyl (C=O) groups excluding carboxylic acids is 1. The normalized spacial score (nSPS) is 11.7. The molecule has 4 aromatic rings. The summed E-state index contributed by atoms with van der Waals surface area (Å²) >= 11 is 0. The lowest BCUT2D eigenvalue weighted by atomic mass is 9.77. The van der Waals surface area contributed by atoms with Crippen molar-refractivity contribution in [1.29, 1.82) is 0 Å². The van der Waals surface area contributed by atoms with Crippen molar-refractivity contribution in [3.8, 4) is 0 Å². The number of aryl methyl sites for hydroxylation is 1. The van der Waals surface area contributed by atoms with Crippen molar-refractivity contribution in [3.05, 3.63) is 114 Å². The summed E-state index contributed by atoms with van der Waals surface area (Å²) < 4.78 is 1.62. The fourth-order valence-electron chi connectivity index (χ4n) is 4.94. The zero-order valence-electron chi connectivity index (χ0n) is 23.2. The van der Waals surface area contributed by atoms with Gasteiger partial charge >= 0.3 is 12.2 Å². The highest BCUT2D eigenvalue weighted by Crippen LogP contribution is 2.41. The molecule has 218 valence electrons. The Hall–Kier alpha value is -5.32. The Morgan fingerprint density at radius 2 is 1.33 bits per heavy atom. The van der Waals surface area contributed by atoms with Gasteiger partial charge in [0.1, 0.15) is 23.1 Å². The van der Waals surface area contributed by atoms with Gasteiger partial charge in [-0.1, -0.05) is 91.0 Å². The lowest BCUT2D eigenvalue weighted by molar-refractivity contribution is -0.118. The van der Waals surface area contributed by atoms with E-state index >= 15 is 0 Å². The van der Waals surface area contributed by atoms with Gasteiger partial charge in [0.05, 0.1) is 6.20 Å². The molecular formula is C31H34N6O5. The van der Waals surface area contributed by atoms with E-state index in [0.717, 1.165) is 16.7 Å². The minimum Gasteiger partial charge on any atom is -0.465 e. The summed E-state index contributed by atoms with van der Waals surface area (Å²) in [6, 6.07) is 28.8. The van der Waals surface area contributed by atoms with Gasteiger partial charge < -0.3 is 31.5 Å². The van der Waals surface area contributed by atoms with Gasteiger partial charge in [-0.25, -0.2) is 9.59 Å². The van der Waals surface area contributed by atoms with Crippen LogP contribution >= 0.6 is 0 Å². The number of carbonyl (C=O) groups is 3. The first-order chi connectivity index (χ1) is 20.3. The van der Waals surface area contributed by atoms with Crippen molar-refractivity contribution >= 4 is 29.6 Å². The molecule has 0 radical (unpaired) electrons. The van der Waals surface area contributed by atoms with E-state index in [1.807, 2.05) is 91.0 Å². The molecule has 1 aromatic heterocycles. The van der Waals surface area contributed by atoms with E-state index in [1.54, 1.807) is 11.7 Å². The molecule has 3 amide bonds. The topological polar surface area (TPSA) is 158 Å². The van der Waals surface area contributed by atoms with Gasteiger partial charge in [-0.2, -0.15) is 5.10 Å². The molecule has 0 saturated heterocycles. The van der Waals surface area contributed by atoms with Gasteiger partial charge in [0.2, 0.25) is 5.91 Å². The Morgan fingerprint density at radius 3 is 1.81 bits per heavy atom. The van der Waals surface area contributed by atoms with Crippen molar-refractivity contribution in [2.24, 2.45) is 7.05 Å². The molecule has 1 heterocycles. The van der Waals surface area contributed by atoms with E-state index in [4.69, 9.17) is 5.11 Å². The molecule has 6 N–H and O–H groups in total. The van der Waals surface area contributed by atoms with Crippen molar-refractivity contribution in [2.75, 3.05) is 17.2 Å². The highest BCUT2D eigenvalue weighted by molar-refractivity contribution is 5.98. The van der Waals surface area contributed by atoms with E-state index in [0.29, 0.717) is 24.3 Å². The van der Waals surface area contributed by atoms with Gasteiger partial charge in [0, 0.05) is 13.6 Å². The number of benzene rings is 3. The number of carboxylic acid groups (broad SMARTS) is 2. The van der Waals surface area contributed by atoms with Gasteiger partial charge in [-0.15, -0.1) is 0 Å². The van der Waals surface area contributed by atoms with Crippen LogP contribution in [0.15, 0.2) is 97.2 Å². The Morgan fingerprint density at radius 1 is 0.810 bits per heavy atom. The number of rotatable bonds is 13. The molecular weight excluding hydrogens is 536 g/mol. The maximum atomic E-state index is 13.3. The second kappa shape index (κ2) is 13.8. The third kappa shape index (κ3) is 7.05. The molecule has 0 aliphatic heterocycles. The summed E-state index contributed by atoms with van der Waals surface area (Å²) in [6.07, 6.45) is 0.105. The number of hydrogen-bond donors (Lipinski definition) is 6. The van der Waals surface area contributed by atoms with Crippen LogP contribution in [0, 0.1) is 0 Å². The molecule has 11 heteroatoms. The van der Waals surface area contributed by atoms with Crippen LogP contribution in [0.2, 0.25) is 0 Å². The van der Waals surface area contributed by atoms with Gasteiger partial charge in [-0.3, -0.25) is 9.48 Å². The first kappa shape index (κ1) is 29.7. The maximum absolute atomic E-state index is 13.3. The molecule has 0 bridgehead atoms. The quantitative estimate of drug-likeness (QED) is 0.0992. The first-order valence-electron chi connectivity index (χ1n) is 13.5. The summed E-state index contributed by atoms with van der Waals surface area (Å²) in [6.45, 7) is 0.202. The van der Waals surface area contributed by atoms with Crippen molar-refractivity contribution in [1.82, 2.24) is 20.4 Å². The average Bonchev–Trinajstić information content (AvgIpc) is 3.33. The number of nitrogens with one attached hydrogen (secondary N) is 4. The van der Waals surface area contributed by atoms with Crippen molar-refractivity contribution < 1.29 is 24.6 Å². The van der Waals surface area contributed by atoms with Crippen LogP contribution in [-0.4, -0.2) is 50.7 Å². The fourth-order valence-corrected chi connectivity index (χ4v) is 4.94.